The van der Waals surface area contributed by atoms with Crippen LogP contribution in [0.4, 0.5) is 4.39 Å². The lowest BCUT2D eigenvalue weighted by Gasteiger charge is -2.42. The number of likely N-dealkylation sites (tertiary alicyclic amines) is 1. The van der Waals surface area contributed by atoms with Crippen molar-refractivity contribution in [2.45, 2.75) is 37.7 Å². The fourth-order valence-corrected chi connectivity index (χ4v) is 4.28. The van der Waals surface area contributed by atoms with Crippen molar-refractivity contribution in [3.63, 3.8) is 0 Å². The Morgan fingerprint density at radius 3 is 2.81 bits per heavy atom. The summed E-state index contributed by atoms with van der Waals surface area (Å²) in [6, 6.07) is 4.31. The maximum absolute atomic E-state index is 13.3. The molecular weight excluding hydrogens is 337 g/mol. The Kier molecular flexibility index (Phi) is 6.14. The molecule has 1 unspecified atom stereocenters. The van der Waals surface area contributed by atoms with Crippen molar-refractivity contribution in [3.8, 4) is 5.75 Å². The molecule has 2 fully saturated rings. The summed E-state index contributed by atoms with van der Waals surface area (Å²) in [5.74, 6) is 0.622. The third-order valence-corrected chi connectivity index (χ3v) is 5.82. The van der Waals surface area contributed by atoms with Crippen molar-refractivity contribution >= 4 is 5.91 Å². The summed E-state index contributed by atoms with van der Waals surface area (Å²) in [7, 11) is 3.22. The number of rotatable bonds is 6. The van der Waals surface area contributed by atoms with Crippen molar-refractivity contribution in [3.05, 3.63) is 29.6 Å². The first-order valence-corrected chi connectivity index (χ1v) is 9.31. The second-order valence-corrected chi connectivity index (χ2v) is 7.19. The fourth-order valence-electron chi connectivity index (χ4n) is 4.28. The second kappa shape index (κ2) is 8.35. The maximum atomic E-state index is 13.3. The Morgan fingerprint density at radius 2 is 2.12 bits per heavy atom. The Hall–Kier alpha value is -1.66. The molecule has 0 N–H and O–H groups in total. The SMILES string of the molecule is COCCC1CCOC12CCN(C(=O)Cc1ccc(F)cc1OC)CC2. The van der Waals surface area contributed by atoms with Crippen LogP contribution in [0.15, 0.2) is 18.2 Å². The summed E-state index contributed by atoms with van der Waals surface area (Å²) in [5.41, 5.74) is 0.623. The van der Waals surface area contributed by atoms with Crippen molar-refractivity contribution in [1.82, 2.24) is 4.90 Å². The van der Waals surface area contributed by atoms with Gasteiger partial charge in [0.25, 0.3) is 0 Å². The van der Waals surface area contributed by atoms with E-state index in [4.69, 9.17) is 14.2 Å². The highest BCUT2D eigenvalue weighted by molar-refractivity contribution is 5.79. The van der Waals surface area contributed by atoms with Gasteiger partial charge in [-0.05, 0) is 37.7 Å². The Bertz CT molecular complexity index is 628. The third-order valence-electron chi connectivity index (χ3n) is 5.82. The zero-order chi connectivity index (χ0) is 18.6. The van der Waals surface area contributed by atoms with Crippen LogP contribution in [0.5, 0.6) is 5.75 Å². The molecule has 0 radical (unpaired) electrons. The van der Waals surface area contributed by atoms with Gasteiger partial charge in [0.2, 0.25) is 5.91 Å². The number of ether oxygens (including phenoxy) is 3. The molecule has 1 atom stereocenters. The molecule has 2 aliphatic heterocycles. The number of hydrogen-bond acceptors (Lipinski definition) is 4. The van der Waals surface area contributed by atoms with Gasteiger partial charge in [-0.3, -0.25) is 4.79 Å². The first-order chi connectivity index (χ1) is 12.6. The molecule has 2 saturated heterocycles. The molecule has 26 heavy (non-hydrogen) atoms. The van der Waals surface area contributed by atoms with Crippen molar-refractivity contribution in [2.24, 2.45) is 5.92 Å². The van der Waals surface area contributed by atoms with Gasteiger partial charge in [0.1, 0.15) is 11.6 Å². The van der Waals surface area contributed by atoms with Crippen LogP contribution in [-0.4, -0.2) is 56.9 Å². The van der Waals surface area contributed by atoms with Gasteiger partial charge >= 0.3 is 0 Å². The third kappa shape index (κ3) is 4.01. The molecule has 1 amide bonds. The molecule has 144 valence electrons. The summed E-state index contributed by atoms with van der Waals surface area (Å²) in [6.07, 6.45) is 4.05. The van der Waals surface area contributed by atoms with E-state index in [1.54, 1.807) is 13.2 Å². The minimum Gasteiger partial charge on any atom is -0.496 e. The number of piperidine rings is 1. The minimum atomic E-state index is -0.363. The lowest BCUT2D eigenvalue weighted by molar-refractivity contribution is -0.137. The average molecular weight is 365 g/mol. The Balaban J connectivity index is 1.59. The first-order valence-electron chi connectivity index (χ1n) is 9.31. The monoisotopic (exact) mass is 365 g/mol. The Morgan fingerprint density at radius 1 is 1.35 bits per heavy atom. The van der Waals surface area contributed by atoms with E-state index in [2.05, 4.69) is 0 Å². The zero-order valence-electron chi connectivity index (χ0n) is 15.6. The summed E-state index contributed by atoms with van der Waals surface area (Å²) in [5, 5.41) is 0. The maximum Gasteiger partial charge on any atom is 0.227 e. The number of carbonyl (C=O) groups is 1. The van der Waals surface area contributed by atoms with Gasteiger partial charge in [-0.2, -0.15) is 0 Å². The molecule has 3 rings (SSSR count). The summed E-state index contributed by atoms with van der Waals surface area (Å²) >= 11 is 0. The number of halogens is 1. The lowest BCUT2D eigenvalue weighted by atomic mass is 9.78. The molecule has 1 aromatic carbocycles. The van der Waals surface area contributed by atoms with Crippen LogP contribution >= 0.6 is 0 Å². The van der Waals surface area contributed by atoms with Crippen LogP contribution < -0.4 is 4.74 Å². The number of nitrogens with zero attached hydrogens (tertiary/aromatic N) is 1. The number of carbonyl (C=O) groups excluding carboxylic acids is 1. The van der Waals surface area contributed by atoms with Crippen LogP contribution in [-0.2, 0) is 20.7 Å². The number of benzene rings is 1. The highest BCUT2D eigenvalue weighted by Gasteiger charge is 2.46. The van der Waals surface area contributed by atoms with Crippen LogP contribution in [0, 0.1) is 11.7 Å². The predicted octanol–water partition coefficient (Wildman–Crippen LogP) is 2.81. The van der Waals surface area contributed by atoms with Gasteiger partial charge in [0.05, 0.1) is 19.1 Å². The van der Waals surface area contributed by atoms with E-state index in [-0.39, 0.29) is 23.7 Å². The molecule has 1 spiro atoms. The fraction of sp³-hybridized carbons (Fsp3) is 0.650. The molecule has 0 aromatic heterocycles. The molecule has 0 saturated carbocycles. The molecule has 2 aliphatic rings. The molecular formula is C20H28FNO4. The molecule has 0 aliphatic carbocycles. The minimum absolute atomic E-state index is 0.0520. The molecule has 1 aromatic rings. The smallest absolute Gasteiger partial charge is 0.227 e. The van der Waals surface area contributed by atoms with Crippen LogP contribution in [0.1, 0.15) is 31.2 Å². The van der Waals surface area contributed by atoms with E-state index in [9.17, 15) is 9.18 Å². The number of hydrogen-bond donors (Lipinski definition) is 0. The summed E-state index contributed by atoms with van der Waals surface area (Å²) in [6.45, 7) is 2.95. The van der Waals surface area contributed by atoms with E-state index in [1.807, 2.05) is 4.90 Å². The number of amides is 1. The van der Waals surface area contributed by atoms with Gasteiger partial charge in [-0.1, -0.05) is 6.07 Å². The largest absolute Gasteiger partial charge is 0.496 e. The van der Waals surface area contributed by atoms with E-state index in [1.165, 1.54) is 19.2 Å². The highest BCUT2D eigenvalue weighted by Crippen LogP contribution is 2.42. The second-order valence-electron chi connectivity index (χ2n) is 7.19. The van der Waals surface area contributed by atoms with Gasteiger partial charge < -0.3 is 19.1 Å². The topological polar surface area (TPSA) is 48.0 Å². The predicted molar refractivity (Wildman–Crippen MR) is 95.8 cm³/mol. The molecule has 0 bridgehead atoms. The number of methoxy groups -OCH3 is 2. The summed E-state index contributed by atoms with van der Waals surface area (Å²) in [4.78, 5) is 14.6. The van der Waals surface area contributed by atoms with E-state index >= 15 is 0 Å². The quantitative estimate of drug-likeness (QED) is 0.778. The first kappa shape index (κ1) is 19.1. The van der Waals surface area contributed by atoms with Gasteiger partial charge in [-0.15, -0.1) is 0 Å². The lowest BCUT2D eigenvalue weighted by Crippen LogP contribution is -2.49. The van der Waals surface area contributed by atoms with E-state index in [0.717, 1.165) is 38.9 Å². The van der Waals surface area contributed by atoms with Crippen LogP contribution in [0.3, 0.4) is 0 Å². The van der Waals surface area contributed by atoms with Gasteiger partial charge in [-0.25, -0.2) is 4.39 Å². The molecule has 5 nitrogen and oxygen atoms in total. The van der Waals surface area contributed by atoms with E-state index < -0.39 is 0 Å². The van der Waals surface area contributed by atoms with Crippen molar-refractivity contribution in [1.29, 1.82) is 0 Å². The van der Waals surface area contributed by atoms with Crippen molar-refractivity contribution in [2.75, 3.05) is 40.5 Å². The van der Waals surface area contributed by atoms with Crippen LogP contribution in [0.2, 0.25) is 0 Å². The summed E-state index contributed by atoms with van der Waals surface area (Å²) < 4.78 is 29.9. The standard InChI is InChI=1S/C20H28FNO4/c1-24-11-5-16-6-12-26-20(16)7-9-22(10-8-20)19(23)13-15-3-4-17(21)14-18(15)25-2/h3-4,14,16H,5-13H2,1-2H3. The highest BCUT2D eigenvalue weighted by atomic mass is 19.1. The van der Waals surface area contributed by atoms with Crippen LogP contribution in [0.25, 0.3) is 0 Å². The van der Waals surface area contributed by atoms with Gasteiger partial charge in [0.15, 0.2) is 0 Å². The normalized spacial score (nSPS) is 22.0. The van der Waals surface area contributed by atoms with Gasteiger partial charge in [0, 0.05) is 45.0 Å². The molecule has 6 heteroatoms. The Labute approximate surface area is 154 Å². The van der Waals surface area contributed by atoms with E-state index in [0.29, 0.717) is 30.3 Å². The molecule has 2 heterocycles. The van der Waals surface area contributed by atoms with Crippen molar-refractivity contribution < 1.29 is 23.4 Å². The average Bonchev–Trinajstić information content (AvgIpc) is 3.03. The zero-order valence-corrected chi connectivity index (χ0v) is 15.6.